The van der Waals surface area contributed by atoms with Crippen LogP contribution in [0, 0.1) is 23.2 Å². The summed E-state index contributed by atoms with van der Waals surface area (Å²) in [5.74, 6) is 2.99. The fourth-order valence-electron chi connectivity index (χ4n) is 5.96. The van der Waals surface area contributed by atoms with Crippen LogP contribution in [-0.2, 0) is 4.79 Å². The van der Waals surface area contributed by atoms with Crippen molar-refractivity contribution < 1.29 is 4.79 Å². The van der Waals surface area contributed by atoms with Gasteiger partial charge in [0.15, 0.2) is 0 Å². The maximum absolute atomic E-state index is 12.3. The molecule has 3 heteroatoms. The fraction of sp³-hybridized carbons (Fsp3) is 0.667. The van der Waals surface area contributed by atoms with Crippen LogP contribution in [0.15, 0.2) is 30.3 Å². The molecule has 1 atom stereocenters. The lowest BCUT2D eigenvalue weighted by Gasteiger charge is -2.56. The highest BCUT2D eigenvalue weighted by Crippen LogP contribution is 2.59. The van der Waals surface area contributed by atoms with Crippen molar-refractivity contribution in [3.63, 3.8) is 0 Å². The van der Waals surface area contributed by atoms with Crippen molar-refractivity contribution in [1.82, 2.24) is 10.6 Å². The number of carbonyl (C=O) groups excluding carboxylic acids is 1. The van der Waals surface area contributed by atoms with E-state index in [1.165, 1.54) is 44.1 Å². The summed E-state index contributed by atoms with van der Waals surface area (Å²) in [6, 6.07) is 10.5. The Hall–Kier alpha value is -1.35. The van der Waals surface area contributed by atoms with E-state index in [4.69, 9.17) is 0 Å². The van der Waals surface area contributed by atoms with Gasteiger partial charge >= 0.3 is 0 Å². The highest BCUT2D eigenvalue weighted by atomic mass is 16.1. The molecule has 4 saturated carbocycles. The lowest BCUT2D eigenvalue weighted by molar-refractivity contribution is -0.122. The number of carbonyl (C=O) groups is 1. The van der Waals surface area contributed by atoms with Gasteiger partial charge in [-0.3, -0.25) is 4.79 Å². The van der Waals surface area contributed by atoms with E-state index in [0.29, 0.717) is 12.0 Å². The van der Waals surface area contributed by atoms with Gasteiger partial charge in [0, 0.05) is 12.6 Å². The number of nitrogens with one attached hydrogen (secondary N) is 2. The molecule has 4 bridgehead atoms. The molecule has 1 aromatic rings. The average molecular weight is 326 g/mol. The van der Waals surface area contributed by atoms with Crippen LogP contribution in [-0.4, -0.2) is 19.0 Å². The highest BCUT2D eigenvalue weighted by molar-refractivity contribution is 5.78. The SMILES string of the molecule is C[C@H](NCC(=O)NCC12CC3CC(CC(C3)C1)C2)c1ccccc1. The largest absolute Gasteiger partial charge is 0.354 e. The Bertz CT molecular complexity index is 547. The first kappa shape index (κ1) is 16.1. The number of benzene rings is 1. The van der Waals surface area contributed by atoms with Crippen molar-refractivity contribution in [3.8, 4) is 0 Å². The topological polar surface area (TPSA) is 41.1 Å². The number of rotatable bonds is 6. The first-order chi connectivity index (χ1) is 11.6. The molecule has 1 amide bonds. The lowest BCUT2D eigenvalue weighted by atomic mass is 9.49. The van der Waals surface area contributed by atoms with Crippen molar-refractivity contribution in [1.29, 1.82) is 0 Å². The van der Waals surface area contributed by atoms with Crippen LogP contribution < -0.4 is 10.6 Å². The Morgan fingerprint density at radius 2 is 1.67 bits per heavy atom. The maximum Gasteiger partial charge on any atom is 0.233 e. The van der Waals surface area contributed by atoms with Gasteiger partial charge in [0.25, 0.3) is 0 Å². The lowest BCUT2D eigenvalue weighted by Crippen LogP contribution is -2.51. The fourth-order valence-corrected chi connectivity index (χ4v) is 5.96. The average Bonchev–Trinajstić information content (AvgIpc) is 2.57. The summed E-state index contributed by atoms with van der Waals surface area (Å²) in [5.41, 5.74) is 1.65. The highest BCUT2D eigenvalue weighted by Gasteiger charge is 2.50. The monoisotopic (exact) mass is 326 g/mol. The van der Waals surface area contributed by atoms with E-state index in [1.807, 2.05) is 18.2 Å². The molecule has 0 spiro atoms. The molecule has 0 aliphatic heterocycles. The quantitative estimate of drug-likeness (QED) is 0.837. The van der Waals surface area contributed by atoms with E-state index in [1.54, 1.807) is 0 Å². The Morgan fingerprint density at radius 3 is 2.25 bits per heavy atom. The zero-order chi connectivity index (χ0) is 16.6. The van der Waals surface area contributed by atoms with Gasteiger partial charge in [-0.25, -0.2) is 0 Å². The zero-order valence-corrected chi connectivity index (χ0v) is 14.8. The van der Waals surface area contributed by atoms with Crippen LogP contribution in [0.1, 0.15) is 57.1 Å². The molecule has 0 saturated heterocycles. The van der Waals surface area contributed by atoms with Gasteiger partial charge in [-0.05, 0) is 74.2 Å². The van der Waals surface area contributed by atoms with Crippen LogP contribution >= 0.6 is 0 Å². The molecule has 4 aliphatic carbocycles. The third-order valence-corrected chi connectivity index (χ3v) is 6.69. The van der Waals surface area contributed by atoms with E-state index < -0.39 is 0 Å². The second-order valence-electron chi connectivity index (χ2n) is 8.71. The predicted octanol–water partition coefficient (Wildman–Crippen LogP) is 3.67. The standard InChI is InChI=1S/C21H30N2O/c1-15(19-5-3-2-4-6-19)22-13-20(24)23-14-21-10-16-7-17(11-21)9-18(8-16)12-21/h2-6,15-18,22H,7-14H2,1H3,(H,23,24)/t15-,16?,17?,18?,21?/m0/s1. The molecule has 130 valence electrons. The Kier molecular flexibility index (Phi) is 4.38. The van der Waals surface area contributed by atoms with Crippen molar-refractivity contribution >= 4 is 5.91 Å². The molecule has 1 aromatic carbocycles. The van der Waals surface area contributed by atoms with Crippen molar-refractivity contribution in [2.45, 2.75) is 51.5 Å². The van der Waals surface area contributed by atoms with E-state index in [2.05, 4.69) is 29.7 Å². The molecule has 0 aromatic heterocycles. The van der Waals surface area contributed by atoms with Crippen LogP contribution in [0.4, 0.5) is 0 Å². The van der Waals surface area contributed by atoms with Crippen LogP contribution in [0.5, 0.6) is 0 Å². The van der Waals surface area contributed by atoms with Crippen molar-refractivity contribution in [2.24, 2.45) is 23.2 Å². The van der Waals surface area contributed by atoms with E-state index in [0.717, 1.165) is 24.3 Å². The van der Waals surface area contributed by atoms with E-state index >= 15 is 0 Å². The van der Waals surface area contributed by atoms with Gasteiger partial charge in [-0.15, -0.1) is 0 Å². The summed E-state index contributed by atoms with van der Waals surface area (Å²) in [5, 5.41) is 6.59. The van der Waals surface area contributed by atoms with E-state index in [9.17, 15) is 4.79 Å². The van der Waals surface area contributed by atoms with Crippen LogP contribution in [0.3, 0.4) is 0 Å². The Labute approximate surface area is 145 Å². The van der Waals surface area contributed by atoms with Gasteiger partial charge in [-0.1, -0.05) is 30.3 Å². The van der Waals surface area contributed by atoms with Crippen LogP contribution in [0.25, 0.3) is 0 Å². The van der Waals surface area contributed by atoms with Crippen molar-refractivity contribution in [2.75, 3.05) is 13.1 Å². The van der Waals surface area contributed by atoms with Gasteiger partial charge in [-0.2, -0.15) is 0 Å². The molecule has 0 radical (unpaired) electrons. The van der Waals surface area contributed by atoms with Gasteiger partial charge < -0.3 is 10.6 Å². The number of amides is 1. The minimum atomic E-state index is 0.147. The summed E-state index contributed by atoms with van der Waals surface area (Å²) in [7, 11) is 0. The third kappa shape index (κ3) is 3.37. The smallest absolute Gasteiger partial charge is 0.233 e. The number of hydrogen-bond acceptors (Lipinski definition) is 2. The molecule has 4 fully saturated rings. The molecular formula is C21H30N2O. The molecular weight excluding hydrogens is 296 g/mol. The molecule has 0 heterocycles. The first-order valence-electron chi connectivity index (χ1n) is 9.67. The summed E-state index contributed by atoms with van der Waals surface area (Å²) < 4.78 is 0. The minimum Gasteiger partial charge on any atom is -0.354 e. The molecule has 24 heavy (non-hydrogen) atoms. The minimum absolute atomic E-state index is 0.147. The second-order valence-corrected chi connectivity index (χ2v) is 8.71. The summed E-state index contributed by atoms with van der Waals surface area (Å²) in [6.07, 6.45) is 8.45. The predicted molar refractivity (Wildman–Crippen MR) is 96.5 cm³/mol. The van der Waals surface area contributed by atoms with Gasteiger partial charge in [0.05, 0.1) is 6.54 Å². The summed E-state index contributed by atoms with van der Waals surface area (Å²) >= 11 is 0. The molecule has 3 nitrogen and oxygen atoms in total. The molecule has 2 N–H and O–H groups in total. The molecule has 5 rings (SSSR count). The Morgan fingerprint density at radius 1 is 1.08 bits per heavy atom. The second kappa shape index (κ2) is 6.51. The van der Waals surface area contributed by atoms with E-state index in [-0.39, 0.29) is 11.9 Å². The zero-order valence-electron chi connectivity index (χ0n) is 14.8. The van der Waals surface area contributed by atoms with Gasteiger partial charge in [0.1, 0.15) is 0 Å². The number of hydrogen-bond donors (Lipinski definition) is 2. The summed E-state index contributed by atoms with van der Waals surface area (Å²) in [4.78, 5) is 12.3. The molecule has 0 unspecified atom stereocenters. The normalized spacial score (nSPS) is 35.0. The van der Waals surface area contributed by atoms with Crippen LogP contribution in [0.2, 0.25) is 0 Å². The molecule has 4 aliphatic rings. The third-order valence-electron chi connectivity index (χ3n) is 6.69. The first-order valence-corrected chi connectivity index (χ1v) is 9.67. The maximum atomic E-state index is 12.3. The summed E-state index contributed by atoms with van der Waals surface area (Å²) in [6.45, 7) is 3.42. The van der Waals surface area contributed by atoms with Crippen molar-refractivity contribution in [3.05, 3.63) is 35.9 Å². The Balaban J connectivity index is 1.25. The van der Waals surface area contributed by atoms with Gasteiger partial charge in [0.2, 0.25) is 5.91 Å².